The van der Waals surface area contributed by atoms with Crippen LogP contribution in [0.15, 0.2) is 0 Å². The molecule has 4 heteroatoms. The molecule has 0 radical (unpaired) electrons. The summed E-state index contributed by atoms with van der Waals surface area (Å²) in [6.45, 7) is 3.36. The van der Waals surface area contributed by atoms with Gasteiger partial charge in [-0.3, -0.25) is 15.6 Å². The van der Waals surface area contributed by atoms with Crippen LogP contribution in [0.5, 0.6) is 0 Å². The summed E-state index contributed by atoms with van der Waals surface area (Å²) >= 11 is 0. The zero-order valence-electron chi connectivity index (χ0n) is 5.48. The van der Waals surface area contributed by atoms with E-state index in [2.05, 4.69) is 10.9 Å². The second-order valence-electron chi connectivity index (χ2n) is 1.73. The zero-order chi connectivity index (χ0) is 7.11. The van der Waals surface area contributed by atoms with Gasteiger partial charge in [-0.1, -0.05) is 0 Å². The fourth-order valence-electron chi connectivity index (χ4n) is 0.442. The third kappa shape index (κ3) is 11.1. The monoisotopic (exact) mass is 132 g/mol. The Kier molecular flexibility index (Phi) is 5.15. The molecule has 0 unspecified atom stereocenters. The van der Waals surface area contributed by atoms with Crippen LogP contribution in [0.25, 0.3) is 0 Å². The van der Waals surface area contributed by atoms with Crippen LogP contribution in [-0.4, -0.2) is 24.2 Å². The van der Waals surface area contributed by atoms with E-state index in [0.717, 1.165) is 20.0 Å². The third-order valence-electron chi connectivity index (χ3n) is 0.729. The highest BCUT2D eigenvalue weighted by molar-refractivity contribution is 5.62. The molecule has 1 aliphatic rings. The molecule has 1 saturated heterocycles. The van der Waals surface area contributed by atoms with Gasteiger partial charge in [0.25, 0.3) is 5.97 Å². The summed E-state index contributed by atoms with van der Waals surface area (Å²) in [6.07, 6.45) is 1.28. The maximum atomic E-state index is 9.00. The topological polar surface area (TPSA) is 61.4 Å². The minimum absolute atomic E-state index is 0.833. The standard InChI is InChI=1S/C3H8N2.C2H4O2/c1-2-4-5-3-1;1-2(3)4/h4-5H,1-3H2;1H3,(H,3,4). The first-order valence-corrected chi connectivity index (χ1v) is 2.88. The molecule has 1 rings (SSSR count). The second-order valence-corrected chi connectivity index (χ2v) is 1.73. The Morgan fingerprint density at radius 2 is 1.78 bits per heavy atom. The van der Waals surface area contributed by atoms with E-state index >= 15 is 0 Å². The summed E-state index contributed by atoms with van der Waals surface area (Å²) in [5.41, 5.74) is 5.94. The van der Waals surface area contributed by atoms with Gasteiger partial charge >= 0.3 is 0 Å². The molecule has 0 atom stereocenters. The first-order chi connectivity index (χ1) is 4.23. The molecule has 0 spiro atoms. The summed E-state index contributed by atoms with van der Waals surface area (Å²) in [5, 5.41) is 7.42. The van der Waals surface area contributed by atoms with E-state index in [1.54, 1.807) is 0 Å². The second kappa shape index (κ2) is 5.53. The smallest absolute Gasteiger partial charge is 0.300 e. The van der Waals surface area contributed by atoms with Crippen molar-refractivity contribution in [2.45, 2.75) is 13.3 Å². The third-order valence-corrected chi connectivity index (χ3v) is 0.729. The molecular weight excluding hydrogens is 120 g/mol. The van der Waals surface area contributed by atoms with E-state index in [1.165, 1.54) is 6.42 Å². The molecule has 0 aromatic heterocycles. The fraction of sp³-hybridized carbons (Fsp3) is 0.800. The predicted molar refractivity (Wildman–Crippen MR) is 33.9 cm³/mol. The molecule has 4 nitrogen and oxygen atoms in total. The number of carbonyl (C=O) groups is 1. The van der Waals surface area contributed by atoms with Gasteiger partial charge in [-0.05, 0) is 6.42 Å². The van der Waals surface area contributed by atoms with Crippen molar-refractivity contribution in [3.05, 3.63) is 0 Å². The van der Waals surface area contributed by atoms with Crippen LogP contribution >= 0.6 is 0 Å². The molecule has 0 aromatic rings. The molecular formula is C5H12N2O2. The van der Waals surface area contributed by atoms with Crippen LogP contribution in [0.2, 0.25) is 0 Å². The van der Waals surface area contributed by atoms with Crippen LogP contribution < -0.4 is 10.9 Å². The van der Waals surface area contributed by atoms with Gasteiger partial charge < -0.3 is 5.11 Å². The Hall–Kier alpha value is -0.610. The number of hydrogen-bond acceptors (Lipinski definition) is 3. The molecule has 1 fully saturated rings. The van der Waals surface area contributed by atoms with Gasteiger partial charge in [0.15, 0.2) is 0 Å². The van der Waals surface area contributed by atoms with E-state index in [4.69, 9.17) is 9.90 Å². The van der Waals surface area contributed by atoms with Crippen molar-refractivity contribution in [2.24, 2.45) is 0 Å². The van der Waals surface area contributed by atoms with E-state index in [9.17, 15) is 0 Å². The van der Waals surface area contributed by atoms with Gasteiger partial charge in [0.05, 0.1) is 0 Å². The van der Waals surface area contributed by atoms with E-state index in [1.807, 2.05) is 0 Å². The Balaban J connectivity index is 0.000000148. The van der Waals surface area contributed by atoms with Crippen molar-refractivity contribution in [2.75, 3.05) is 13.1 Å². The van der Waals surface area contributed by atoms with Crippen LogP contribution in [0.1, 0.15) is 13.3 Å². The quantitative estimate of drug-likeness (QED) is 0.419. The van der Waals surface area contributed by atoms with E-state index < -0.39 is 5.97 Å². The van der Waals surface area contributed by atoms with Gasteiger partial charge in [-0.25, -0.2) is 0 Å². The van der Waals surface area contributed by atoms with Crippen molar-refractivity contribution in [3.8, 4) is 0 Å². The van der Waals surface area contributed by atoms with E-state index in [0.29, 0.717) is 0 Å². The van der Waals surface area contributed by atoms with Gasteiger partial charge in [-0.2, -0.15) is 0 Å². The lowest BCUT2D eigenvalue weighted by molar-refractivity contribution is -0.134. The first-order valence-electron chi connectivity index (χ1n) is 2.88. The lowest BCUT2D eigenvalue weighted by atomic mass is 10.5. The summed E-state index contributed by atoms with van der Waals surface area (Å²) < 4.78 is 0. The van der Waals surface area contributed by atoms with Gasteiger partial charge in [0, 0.05) is 20.0 Å². The minimum atomic E-state index is -0.833. The average Bonchev–Trinajstić information content (AvgIpc) is 2.11. The number of nitrogens with one attached hydrogen (secondary N) is 2. The van der Waals surface area contributed by atoms with Gasteiger partial charge in [0.2, 0.25) is 0 Å². The molecule has 3 N–H and O–H groups in total. The fourth-order valence-corrected chi connectivity index (χ4v) is 0.442. The maximum Gasteiger partial charge on any atom is 0.300 e. The highest BCUT2D eigenvalue weighted by Crippen LogP contribution is 1.74. The summed E-state index contributed by atoms with van der Waals surface area (Å²) in [5.74, 6) is -0.833. The average molecular weight is 132 g/mol. The van der Waals surface area contributed by atoms with Crippen molar-refractivity contribution >= 4 is 5.97 Å². The van der Waals surface area contributed by atoms with Crippen LogP contribution in [0, 0.1) is 0 Å². The lowest BCUT2D eigenvalue weighted by Crippen LogP contribution is -2.21. The largest absolute Gasteiger partial charge is 0.481 e. The maximum absolute atomic E-state index is 9.00. The number of carboxylic acids is 1. The van der Waals surface area contributed by atoms with Crippen molar-refractivity contribution < 1.29 is 9.90 Å². The van der Waals surface area contributed by atoms with Crippen molar-refractivity contribution in [1.82, 2.24) is 10.9 Å². The highest BCUT2D eigenvalue weighted by atomic mass is 16.4. The highest BCUT2D eigenvalue weighted by Gasteiger charge is 1.91. The summed E-state index contributed by atoms with van der Waals surface area (Å²) in [7, 11) is 0. The number of rotatable bonds is 0. The van der Waals surface area contributed by atoms with Crippen molar-refractivity contribution in [1.29, 1.82) is 0 Å². The molecule has 54 valence electrons. The van der Waals surface area contributed by atoms with Crippen LogP contribution in [0.4, 0.5) is 0 Å². The molecule has 0 amide bonds. The van der Waals surface area contributed by atoms with Crippen LogP contribution in [-0.2, 0) is 4.79 Å². The SMILES string of the molecule is C1CNNC1.CC(=O)O. The predicted octanol–water partition coefficient (Wildman–Crippen LogP) is -0.425. The molecule has 0 saturated carbocycles. The Morgan fingerprint density at radius 3 is 1.89 bits per heavy atom. The van der Waals surface area contributed by atoms with Crippen LogP contribution in [0.3, 0.4) is 0 Å². The van der Waals surface area contributed by atoms with Gasteiger partial charge in [-0.15, -0.1) is 0 Å². The Bertz CT molecular complexity index is 69.4. The zero-order valence-corrected chi connectivity index (χ0v) is 5.48. The molecule has 0 aromatic carbocycles. The first kappa shape index (κ1) is 8.39. The summed E-state index contributed by atoms with van der Waals surface area (Å²) in [4.78, 5) is 9.00. The Morgan fingerprint density at radius 1 is 1.44 bits per heavy atom. The molecule has 0 bridgehead atoms. The molecule has 0 aliphatic carbocycles. The minimum Gasteiger partial charge on any atom is -0.481 e. The molecule has 9 heavy (non-hydrogen) atoms. The normalized spacial score (nSPS) is 16.1. The lowest BCUT2D eigenvalue weighted by Gasteiger charge is -1.81. The number of hydrazine groups is 1. The number of hydrogen-bond donors (Lipinski definition) is 3. The summed E-state index contributed by atoms with van der Waals surface area (Å²) in [6, 6.07) is 0. The van der Waals surface area contributed by atoms with E-state index in [-0.39, 0.29) is 0 Å². The number of carboxylic acid groups (broad SMARTS) is 1. The Labute approximate surface area is 54.2 Å². The number of aliphatic carboxylic acids is 1. The van der Waals surface area contributed by atoms with Crippen molar-refractivity contribution in [3.63, 3.8) is 0 Å². The molecule has 1 heterocycles. The molecule has 1 aliphatic heterocycles. The van der Waals surface area contributed by atoms with Gasteiger partial charge in [0.1, 0.15) is 0 Å².